The third kappa shape index (κ3) is 3.84. The Hall–Kier alpha value is 0.104. The van der Waals surface area contributed by atoms with Crippen LogP contribution in [0.15, 0.2) is 12.1 Å². The number of halogens is 2. The van der Waals surface area contributed by atoms with Crippen LogP contribution in [0.4, 0.5) is 8.78 Å². The average Bonchev–Trinajstić information content (AvgIpc) is 2.25. The molecule has 0 aliphatic carbocycles. The summed E-state index contributed by atoms with van der Waals surface area (Å²) in [5.74, 6) is -1.75. The predicted molar refractivity (Wildman–Crippen MR) is 51.3 cm³/mol. The minimum Gasteiger partial charge on any atom is -0.379 e. The number of morpholine rings is 1. The van der Waals surface area contributed by atoms with Gasteiger partial charge >= 0.3 is 0 Å². The molecule has 0 amide bonds. The van der Waals surface area contributed by atoms with Gasteiger partial charge in [-0.2, -0.15) is 6.07 Å². The molecule has 1 aliphatic heterocycles. The van der Waals surface area contributed by atoms with Crippen LogP contribution >= 0.6 is 0 Å². The van der Waals surface area contributed by atoms with E-state index < -0.39 is 11.6 Å². The van der Waals surface area contributed by atoms with Gasteiger partial charge in [-0.05, 0) is 6.54 Å². The molecule has 1 radical (unpaired) electrons. The number of rotatable bonds is 2. The largest absolute Gasteiger partial charge is 0.379 e. The Labute approximate surface area is 119 Å². The Kier molecular flexibility index (Phi) is 5.97. The summed E-state index contributed by atoms with van der Waals surface area (Å²) in [6.07, 6.45) is 0. The van der Waals surface area contributed by atoms with E-state index in [1.807, 2.05) is 0 Å². The van der Waals surface area contributed by atoms with Crippen molar-refractivity contribution in [2.75, 3.05) is 26.3 Å². The van der Waals surface area contributed by atoms with E-state index in [1.165, 1.54) is 12.1 Å². The van der Waals surface area contributed by atoms with Crippen LogP contribution in [0.1, 0.15) is 5.56 Å². The molecule has 85 valence electrons. The van der Waals surface area contributed by atoms with E-state index in [4.69, 9.17) is 4.74 Å². The maximum absolute atomic E-state index is 12.9. The SMILES string of the molecule is Fc1[c-]cc(CN2CCOCC2)cc1F.[Y]. The molecule has 0 bridgehead atoms. The summed E-state index contributed by atoms with van der Waals surface area (Å²) < 4.78 is 30.7. The molecule has 0 N–H and O–H groups in total. The van der Waals surface area contributed by atoms with Crippen molar-refractivity contribution in [3.8, 4) is 0 Å². The zero-order valence-electron chi connectivity index (χ0n) is 8.88. The first kappa shape index (κ1) is 14.2. The fraction of sp³-hybridized carbons (Fsp3) is 0.455. The minimum absolute atomic E-state index is 0. The van der Waals surface area contributed by atoms with E-state index in [2.05, 4.69) is 11.0 Å². The summed E-state index contributed by atoms with van der Waals surface area (Å²) in [6.45, 7) is 3.69. The quantitative estimate of drug-likeness (QED) is 0.769. The molecule has 1 aromatic carbocycles. The Morgan fingerprint density at radius 2 is 2.00 bits per heavy atom. The van der Waals surface area contributed by atoms with E-state index in [0.29, 0.717) is 19.8 Å². The molecule has 0 spiro atoms. The van der Waals surface area contributed by atoms with Crippen LogP contribution in [0.2, 0.25) is 0 Å². The molecule has 1 saturated heterocycles. The summed E-state index contributed by atoms with van der Waals surface area (Å²) in [7, 11) is 0. The first-order valence-corrected chi connectivity index (χ1v) is 4.91. The summed E-state index contributed by atoms with van der Waals surface area (Å²) in [5, 5.41) is 0. The van der Waals surface area contributed by atoms with Crippen molar-refractivity contribution in [1.29, 1.82) is 0 Å². The Morgan fingerprint density at radius 3 is 2.62 bits per heavy atom. The molecule has 0 aromatic heterocycles. The topological polar surface area (TPSA) is 12.5 Å². The van der Waals surface area contributed by atoms with E-state index in [0.717, 1.165) is 18.7 Å². The van der Waals surface area contributed by atoms with Gasteiger partial charge in [-0.15, -0.1) is 17.7 Å². The fourth-order valence-electron chi connectivity index (χ4n) is 1.60. The molecule has 1 heterocycles. The molecule has 0 unspecified atom stereocenters. The molecule has 2 nitrogen and oxygen atoms in total. The summed E-state index contributed by atoms with van der Waals surface area (Å²) in [5.41, 5.74) is 0.746. The van der Waals surface area contributed by atoms with Gasteiger partial charge in [-0.25, -0.2) is 4.39 Å². The monoisotopic (exact) mass is 301 g/mol. The van der Waals surface area contributed by atoms with Gasteiger partial charge in [-0.1, -0.05) is 0 Å². The molecule has 5 heteroatoms. The van der Waals surface area contributed by atoms with Gasteiger partial charge in [-0.3, -0.25) is 4.39 Å². The van der Waals surface area contributed by atoms with Crippen LogP contribution in [0.25, 0.3) is 0 Å². The third-order valence-electron chi connectivity index (χ3n) is 2.42. The zero-order valence-corrected chi connectivity index (χ0v) is 11.7. The van der Waals surface area contributed by atoms with E-state index in [9.17, 15) is 8.78 Å². The van der Waals surface area contributed by atoms with Crippen molar-refractivity contribution >= 4 is 0 Å². The summed E-state index contributed by atoms with van der Waals surface area (Å²) in [6, 6.07) is 4.98. The minimum atomic E-state index is -0.916. The molecule has 0 saturated carbocycles. The van der Waals surface area contributed by atoms with Crippen LogP contribution in [-0.2, 0) is 44.0 Å². The standard InChI is InChI=1S/C11H12F2NO.Y/c12-10-2-1-9(7-11(10)13)8-14-3-5-15-6-4-14;/h1,7H,3-6,8H2;/q-1;. The Bertz CT molecular complexity index is 343. The van der Waals surface area contributed by atoms with Crippen LogP contribution in [0, 0.1) is 17.7 Å². The second kappa shape index (κ2) is 6.75. The summed E-state index contributed by atoms with van der Waals surface area (Å²) in [4.78, 5) is 2.14. The van der Waals surface area contributed by atoms with Gasteiger partial charge in [0.1, 0.15) is 0 Å². The van der Waals surface area contributed by atoms with Gasteiger partial charge in [0.05, 0.1) is 13.2 Å². The van der Waals surface area contributed by atoms with Gasteiger partial charge in [0, 0.05) is 57.4 Å². The van der Waals surface area contributed by atoms with Crippen molar-refractivity contribution in [2.24, 2.45) is 0 Å². The predicted octanol–water partition coefficient (Wildman–Crippen LogP) is 1.59. The van der Waals surface area contributed by atoms with Crippen LogP contribution in [0.3, 0.4) is 0 Å². The van der Waals surface area contributed by atoms with Gasteiger partial charge in [0.2, 0.25) is 0 Å². The fourth-order valence-corrected chi connectivity index (χ4v) is 1.60. The molecule has 0 atom stereocenters. The number of hydrogen-bond donors (Lipinski definition) is 0. The summed E-state index contributed by atoms with van der Waals surface area (Å²) >= 11 is 0. The maximum atomic E-state index is 12.9. The number of benzene rings is 1. The molecule has 1 aromatic rings. The van der Waals surface area contributed by atoms with Crippen molar-refractivity contribution in [2.45, 2.75) is 6.54 Å². The molecule has 1 aliphatic rings. The van der Waals surface area contributed by atoms with Crippen molar-refractivity contribution in [3.05, 3.63) is 35.4 Å². The molecule has 1 fully saturated rings. The second-order valence-corrected chi connectivity index (χ2v) is 3.56. The zero-order chi connectivity index (χ0) is 10.7. The molecular formula is C11H12F2NOY-. The van der Waals surface area contributed by atoms with Gasteiger partial charge < -0.3 is 9.64 Å². The van der Waals surface area contributed by atoms with E-state index in [-0.39, 0.29) is 32.7 Å². The van der Waals surface area contributed by atoms with Crippen molar-refractivity contribution in [3.63, 3.8) is 0 Å². The second-order valence-electron chi connectivity index (χ2n) is 3.56. The number of hydrogen-bond acceptors (Lipinski definition) is 2. The first-order valence-electron chi connectivity index (χ1n) is 4.91. The Balaban J connectivity index is 0.00000128. The van der Waals surface area contributed by atoms with Crippen molar-refractivity contribution < 1.29 is 46.2 Å². The average molecular weight is 301 g/mol. The smallest absolute Gasteiger partial charge is 0.0593 e. The first-order chi connectivity index (χ1) is 7.25. The molecule has 16 heavy (non-hydrogen) atoms. The Morgan fingerprint density at radius 1 is 1.31 bits per heavy atom. The number of ether oxygens (including phenoxy) is 1. The molecule has 2 rings (SSSR count). The number of nitrogens with zero attached hydrogens (tertiary/aromatic N) is 1. The van der Waals surface area contributed by atoms with E-state index >= 15 is 0 Å². The van der Waals surface area contributed by atoms with E-state index in [1.54, 1.807) is 0 Å². The van der Waals surface area contributed by atoms with Gasteiger partial charge in [0.25, 0.3) is 0 Å². The maximum Gasteiger partial charge on any atom is 0.0593 e. The normalized spacial score (nSPS) is 16.9. The van der Waals surface area contributed by atoms with Crippen LogP contribution in [0.5, 0.6) is 0 Å². The van der Waals surface area contributed by atoms with Crippen LogP contribution < -0.4 is 0 Å². The van der Waals surface area contributed by atoms with Gasteiger partial charge in [0.15, 0.2) is 0 Å². The van der Waals surface area contributed by atoms with Crippen LogP contribution in [-0.4, -0.2) is 31.2 Å². The molecular weight excluding hydrogens is 289 g/mol. The van der Waals surface area contributed by atoms with Crippen molar-refractivity contribution in [1.82, 2.24) is 4.90 Å². The third-order valence-corrected chi connectivity index (χ3v) is 2.42.